The maximum Gasteiger partial charge on any atom is 0.137 e. The summed E-state index contributed by atoms with van der Waals surface area (Å²) < 4.78 is 13.6. The van der Waals surface area contributed by atoms with E-state index in [1.54, 1.807) is 6.07 Å². The minimum Gasteiger partial charge on any atom is -0.314 e. The van der Waals surface area contributed by atoms with Crippen LogP contribution < -0.4 is 5.32 Å². The van der Waals surface area contributed by atoms with Gasteiger partial charge in [0.25, 0.3) is 0 Å². The zero-order chi connectivity index (χ0) is 10.6. The van der Waals surface area contributed by atoms with Crippen molar-refractivity contribution in [3.8, 4) is 0 Å². The molecule has 1 aromatic rings. The van der Waals surface area contributed by atoms with Crippen molar-refractivity contribution in [2.75, 3.05) is 7.05 Å². The smallest absolute Gasteiger partial charge is 0.137 e. The van der Waals surface area contributed by atoms with Crippen molar-refractivity contribution in [2.24, 2.45) is 0 Å². The fourth-order valence-electron chi connectivity index (χ4n) is 0.993. The third-order valence-electron chi connectivity index (χ3n) is 2.00. The third-order valence-corrected chi connectivity index (χ3v) is 2.84. The number of nitrogens with one attached hydrogen (secondary N) is 1. The van der Waals surface area contributed by atoms with Crippen molar-refractivity contribution in [1.29, 1.82) is 0 Å². The van der Waals surface area contributed by atoms with E-state index in [2.05, 4.69) is 21.2 Å². The highest BCUT2D eigenvalue weighted by Gasteiger charge is 2.01. The van der Waals surface area contributed by atoms with Gasteiger partial charge in [0.05, 0.1) is 4.47 Å². The molecule has 1 aromatic carbocycles. The molecule has 0 aliphatic carbocycles. The van der Waals surface area contributed by atoms with Crippen LogP contribution in [0.2, 0.25) is 0 Å². The summed E-state index contributed by atoms with van der Waals surface area (Å²) in [5, 5.41) is 3.07. The molecule has 3 heteroatoms. The lowest BCUT2D eigenvalue weighted by molar-refractivity contribution is 0.620. The average Bonchev–Trinajstić information content (AvgIpc) is 2.20. The molecule has 0 radical (unpaired) electrons. The highest BCUT2D eigenvalue weighted by atomic mass is 79.9. The Bertz CT molecular complexity index is 336. The molecule has 1 unspecified atom stereocenters. The van der Waals surface area contributed by atoms with Crippen LogP contribution in [-0.4, -0.2) is 13.1 Å². The van der Waals surface area contributed by atoms with Crippen LogP contribution in [0.25, 0.3) is 6.08 Å². The number of hydrogen-bond donors (Lipinski definition) is 1. The number of likely N-dealkylation sites (N-methyl/N-ethyl adjacent to an activating group) is 1. The Morgan fingerprint density at radius 3 is 2.86 bits per heavy atom. The maximum absolute atomic E-state index is 13.1. The summed E-state index contributed by atoms with van der Waals surface area (Å²) in [6.45, 7) is 2.03. The Morgan fingerprint density at radius 2 is 2.21 bits per heavy atom. The monoisotopic (exact) mass is 257 g/mol. The van der Waals surface area contributed by atoms with Crippen molar-refractivity contribution < 1.29 is 4.39 Å². The van der Waals surface area contributed by atoms with Gasteiger partial charge >= 0.3 is 0 Å². The van der Waals surface area contributed by atoms with E-state index in [9.17, 15) is 4.39 Å². The second kappa shape index (κ2) is 5.27. The molecule has 76 valence electrons. The normalized spacial score (nSPS) is 13.4. The van der Waals surface area contributed by atoms with Gasteiger partial charge in [-0.15, -0.1) is 0 Å². The van der Waals surface area contributed by atoms with Crippen molar-refractivity contribution in [1.82, 2.24) is 5.32 Å². The van der Waals surface area contributed by atoms with Crippen molar-refractivity contribution in [2.45, 2.75) is 13.0 Å². The van der Waals surface area contributed by atoms with E-state index < -0.39 is 0 Å². The number of hydrogen-bond acceptors (Lipinski definition) is 1. The molecule has 0 heterocycles. The van der Waals surface area contributed by atoms with Crippen LogP contribution in [0.1, 0.15) is 12.5 Å². The Kier molecular flexibility index (Phi) is 4.29. The van der Waals surface area contributed by atoms with Gasteiger partial charge in [0.2, 0.25) is 0 Å². The molecule has 0 fully saturated rings. The molecular formula is C11H13BrFN. The lowest BCUT2D eigenvalue weighted by atomic mass is 10.2. The first-order chi connectivity index (χ1) is 6.65. The lowest BCUT2D eigenvalue weighted by Gasteiger charge is -2.03. The molecule has 0 aliphatic rings. The number of halogens is 2. The fraction of sp³-hybridized carbons (Fsp3) is 0.273. The lowest BCUT2D eigenvalue weighted by Crippen LogP contribution is -2.17. The number of benzene rings is 1. The second-order valence-corrected chi connectivity index (χ2v) is 3.87. The molecule has 1 rings (SSSR count). The number of rotatable bonds is 3. The molecule has 1 N–H and O–H groups in total. The predicted octanol–water partition coefficient (Wildman–Crippen LogP) is 3.21. The van der Waals surface area contributed by atoms with Crippen LogP contribution in [0.3, 0.4) is 0 Å². The van der Waals surface area contributed by atoms with Crippen molar-refractivity contribution >= 4 is 22.0 Å². The summed E-state index contributed by atoms with van der Waals surface area (Å²) in [5.74, 6) is -0.232. The van der Waals surface area contributed by atoms with Gasteiger partial charge in [-0.2, -0.15) is 0 Å². The summed E-state index contributed by atoms with van der Waals surface area (Å²) in [6, 6.07) is 5.28. The van der Waals surface area contributed by atoms with Crippen LogP contribution in [-0.2, 0) is 0 Å². The summed E-state index contributed by atoms with van der Waals surface area (Å²) >= 11 is 3.21. The van der Waals surface area contributed by atoms with Crippen molar-refractivity contribution in [3.05, 3.63) is 40.1 Å². The molecule has 0 saturated heterocycles. The largest absolute Gasteiger partial charge is 0.314 e. The first-order valence-corrected chi connectivity index (χ1v) is 5.24. The van der Waals surface area contributed by atoms with Crippen LogP contribution in [0, 0.1) is 5.82 Å². The molecule has 0 aromatic heterocycles. The van der Waals surface area contributed by atoms with Crippen LogP contribution >= 0.6 is 15.9 Å². The highest BCUT2D eigenvalue weighted by molar-refractivity contribution is 9.10. The highest BCUT2D eigenvalue weighted by Crippen LogP contribution is 2.21. The van der Waals surface area contributed by atoms with E-state index in [0.717, 1.165) is 5.56 Å². The SMILES string of the molecule is CNC(C)/C=C/c1cccc(F)c1Br. The molecule has 1 nitrogen and oxygen atoms in total. The quantitative estimate of drug-likeness (QED) is 0.877. The predicted molar refractivity (Wildman–Crippen MR) is 61.7 cm³/mol. The second-order valence-electron chi connectivity index (χ2n) is 3.08. The van der Waals surface area contributed by atoms with Gasteiger partial charge in [0.15, 0.2) is 0 Å². The molecular weight excluding hydrogens is 245 g/mol. The maximum atomic E-state index is 13.1. The molecule has 0 saturated carbocycles. The van der Waals surface area contributed by atoms with Gasteiger partial charge < -0.3 is 5.32 Å². The Labute approximate surface area is 92.1 Å². The van der Waals surface area contributed by atoms with Crippen LogP contribution in [0.15, 0.2) is 28.7 Å². The van der Waals surface area contributed by atoms with E-state index >= 15 is 0 Å². The molecule has 0 bridgehead atoms. The molecule has 0 aliphatic heterocycles. The molecule has 1 atom stereocenters. The van der Waals surface area contributed by atoms with Crippen LogP contribution in [0.4, 0.5) is 4.39 Å². The standard InChI is InChI=1S/C11H13BrFN/c1-8(14-2)6-7-9-4-3-5-10(13)11(9)12/h3-8,14H,1-2H3/b7-6+. The summed E-state index contributed by atoms with van der Waals surface area (Å²) in [7, 11) is 1.88. The van der Waals surface area contributed by atoms with E-state index in [-0.39, 0.29) is 11.9 Å². The van der Waals surface area contributed by atoms with Crippen LogP contribution in [0.5, 0.6) is 0 Å². The Hall–Kier alpha value is -0.670. The van der Waals surface area contributed by atoms with Gasteiger partial charge in [0.1, 0.15) is 5.82 Å². The Balaban J connectivity index is 2.86. The molecule has 0 spiro atoms. The first kappa shape index (κ1) is 11.4. The summed E-state index contributed by atoms with van der Waals surface area (Å²) in [4.78, 5) is 0. The first-order valence-electron chi connectivity index (χ1n) is 4.44. The van der Waals surface area contributed by atoms with Crippen molar-refractivity contribution in [3.63, 3.8) is 0 Å². The van der Waals surface area contributed by atoms with Gasteiger partial charge in [-0.05, 0) is 41.5 Å². The Morgan fingerprint density at radius 1 is 1.50 bits per heavy atom. The summed E-state index contributed by atoms with van der Waals surface area (Å²) in [6.07, 6.45) is 3.88. The minimum atomic E-state index is -0.232. The molecule has 0 amide bonds. The van der Waals surface area contributed by atoms with Gasteiger partial charge in [-0.25, -0.2) is 4.39 Å². The minimum absolute atomic E-state index is 0.232. The third kappa shape index (κ3) is 2.93. The van der Waals surface area contributed by atoms with E-state index in [1.807, 2.05) is 32.2 Å². The van der Waals surface area contributed by atoms with E-state index in [0.29, 0.717) is 4.47 Å². The molecule has 14 heavy (non-hydrogen) atoms. The van der Waals surface area contributed by atoms with E-state index in [1.165, 1.54) is 6.07 Å². The topological polar surface area (TPSA) is 12.0 Å². The van der Waals surface area contributed by atoms with Gasteiger partial charge in [0, 0.05) is 6.04 Å². The zero-order valence-electron chi connectivity index (χ0n) is 8.22. The summed E-state index contributed by atoms with van der Waals surface area (Å²) in [5.41, 5.74) is 0.854. The van der Waals surface area contributed by atoms with E-state index in [4.69, 9.17) is 0 Å². The fourth-order valence-corrected chi connectivity index (χ4v) is 1.39. The average molecular weight is 258 g/mol. The van der Waals surface area contributed by atoms with Gasteiger partial charge in [-0.1, -0.05) is 24.3 Å². The van der Waals surface area contributed by atoms with Gasteiger partial charge in [-0.3, -0.25) is 0 Å². The zero-order valence-corrected chi connectivity index (χ0v) is 9.81.